The highest BCUT2D eigenvalue weighted by Gasteiger charge is 2.20. The van der Waals surface area contributed by atoms with Crippen LogP contribution < -0.4 is 15.5 Å². The number of carbonyl (C=O) groups excluding carboxylic acids is 2. The van der Waals surface area contributed by atoms with Crippen LogP contribution in [0.25, 0.3) is 0 Å². The lowest BCUT2D eigenvalue weighted by Crippen LogP contribution is -2.37. The van der Waals surface area contributed by atoms with E-state index in [2.05, 4.69) is 15.5 Å². The number of hydrogen-bond donors (Lipinski definition) is 2. The second kappa shape index (κ2) is 9.49. The van der Waals surface area contributed by atoms with Crippen molar-refractivity contribution in [3.63, 3.8) is 0 Å². The van der Waals surface area contributed by atoms with E-state index in [1.807, 2.05) is 31.2 Å². The number of anilines is 2. The van der Waals surface area contributed by atoms with Crippen LogP contribution in [0.15, 0.2) is 42.5 Å². The van der Waals surface area contributed by atoms with Crippen LogP contribution in [0, 0.1) is 6.92 Å². The molecule has 0 aliphatic carbocycles. The molecule has 2 aromatic rings. The van der Waals surface area contributed by atoms with Crippen LogP contribution in [0.3, 0.4) is 0 Å². The van der Waals surface area contributed by atoms with Gasteiger partial charge in [-0.15, -0.1) is 0 Å². The minimum Gasteiger partial charge on any atom is -0.465 e. The molecule has 3 rings (SSSR count). The van der Waals surface area contributed by atoms with Crippen molar-refractivity contribution < 1.29 is 19.1 Å². The molecule has 0 unspecified atom stereocenters. The zero-order valence-corrected chi connectivity index (χ0v) is 17.2. The molecule has 8 heteroatoms. The number of nitrogens with zero attached hydrogens (tertiary/aromatic N) is 1. The number of amides is 1. The lowest BCUT2D eigenvalue weighted by Gasteiger charge is -2.30. The van der Waals surface area contributed by atoms with Gasteiger partial charge in [0, 0.05) is 24.3 Å². The van der Waals surface area contributed by atoms with Gasteiger partial charge in [0.05, 0.1) is 31.6 Å². The highest BCUT2D eigenvalue weighted by Crippen LogP contribution is 2.26. The van der Waals surface area contributed by atoms with Gasteiger partial charge in [0.1, 0.15) is 0 Å². The highest BCUT2D eigenvalue weighted by molar-refractivity contribution is 7.80. The smallest absolute Gasteiger partial charge is 0.340 e. The number of morpholine rings is 1. The lowest BCUT2D eigenvalue weighted by molar-refractivity contribution is 0.0600. The van der Waals surface area contributed by atoms with Crippen molar-refractivity contribution in [1.29, 1.82) is 0 Å². The summed E-state index contributed by atoms with van der Waals surface area (Å²) in [5.74, 6) is -0.745. The Morgan fingerprint density at radius 2 is 1.79 bits per heavy atom. The molecule has 0 atom stereocenters. The van der Waals surface area contributed by atoms with E-state index >= 15 is 0 Å². The first kappa shape index (κ1) is 20.8. The zero-order valence-electron chi connectivity index (χ0n) is 16.4. The number of carbonyl (C=O) groups is 2. The lowest BCUT2D eigenvalue weighted by atomic mass is 10.1. The molecule has 1 aliphatic rings. The molecule has 1 saturated heterocycles. The second-order valence-electron chi connectivity index (χ2n) is 6.60. The van der Waals surface area contributed by atoms with Crippen LogP contribution in [0.4, 0.5) is 11.4 Å². The topological polar surface area (TPSA) is 79.9 Å². The van der Waals surface area contributed by atoms with E-state index in [0.29, 0.717) is 43.1 Å². The van der Waals surface area contributed by atoms with E-state index in [9.17, 15) is 9.59 Å². The van der Waals surface area contributed by atoms with Crippen molar-refractivity contribution in [2.75, 3.05) is 43.6 Å². The fourth-order valence-corrected chi connectivity index (χ4v) is 3.22. The van der Waals surface area contributed by atoms with Crippen LogP contribution in [0.1, 0.15) is 26.3 Å². The van der Waals surface area contributed by atoms with E-state index < -0.39 is 5.97 Å². The molecule has 1 amide bonds. The molecule has 0 aromatic heterocycles. The second-order valence-corrected chi connectivity index (χ2v) is 7.01. The Labute approximate surface area is 175 Å². The molecule has 0 radical (unpaired) electrons. The minimum absolute atomic E-state index is 0.144. The van der Waals surface area contributed by atoms with Gasteiger partial charge >= 0.3 is 5.97 Å². The third kappa shape index (κ3) is 5.30. The predicted octanol–water partition coefficient (Wildman–Crippen LogP) is 2.75. The number of esters is 1. The number of thiocarbonyl (C=S) groups is 1. The number of hydrogen-bond acceptors (Lipinski definition) is 6. The number of nitrogens with one attached hydrogen (secondary N) is 2. The Bertz CT molecular complexity index is 909. The average Bonchev–Trinajstić information content (AvgIpc) is 2.74. The average molecular weight is 413 g/mol. The summed E-state index contributed by atoms with van der Waals surface area (Å²) in [6, 6.07) is 12.5. The summed E-state index contributed by atoms with van der Waals surface area (Å²) >= 11 is 5.25. The molecule has 1 aliphatic heterocycles. The van der Waals surface area contributed by atoms with Gasteiger partial charge in [0.25, 0.3) is 5.91 Å². The van der Waals surface area contributed by atoms with Crippen molar-refractivity contribution in [3.05, 3.63) is 59.2 Å². The first-order chi connectivity index (χ1) is 14.0. The SMILES string of the molecule is COC(=O)c1cc(NC(=S)NC(=O)c2ccc(C)cc2)ccc1N1CCOCC1. The Kier molecular flexibility index (Phi) is 6.79. The van der Waals surface area contributed by atoms with E-state index in [0.717, 1.165) is 11.3 Å². The van der Waals surface area contributed by atoms with E-state index in [-0.39, 0.29) is 11.0 Å². The van der Waals surface area contributed by atoms with E-state index in [1.165, 1.54) is 7.11 Å². The molecule has 29 heavy (non-hydrogen) atoms. The fraction of sp³-hybridized carbons (Fsp3) is 0.286. The third-order valence-electron chi connectivity index (χ3n) is 4.55. The minimum atomic E-state index is -0.440. The Balaban J connectivity index is 1.72. The van der Waals surface area contributed by atoms with E-state index in [4.69, 9.17) is 21.7 Å². The summed E-state index contributed by atoms with van der Waals surface area (Å²) in [5, 5.41) is 5.74. The predicted molar refractivity (Wildman–Crippen MR) is 116 cm³/mol. The van der Waals surface area contributed by atoms with Gasteiger partial charge in [-0.1, -0.05) is 17.7 Å². The van der Waals surface area contributed by atoms with Crippen LogP contribution in [-0.2, 0) is 9.47 Å². The first-order valence-electron chi connectivity index (χ1n) is 9.22. The van der Waals surface area contributed by atoms with Crippen LogP contribution in [0.5, 0.6) is 0 Å². The maximum atomic E-state index is 12.3. The molecule has 2 aromatic carbocycles. The summed E-state index contributed by atoms with van der Waals surface area (Å²) in [6.45, 7) is 4.56. The van der Waals surface area contributed by atoms with Gasteiger partial charge in [-0.2, -0.15) is 0 Å². The van der Waals surface area contributed by atoms with Crippen LogP contribution >= 0.6 is 12.2 Å². The molecule has 1 heterocycles. The highest BCUT2D eigenvalue weighted by atomic mass is 32.1. The molecular weight excluding hydrogens is 390 g/mol. The van der Waals surface area contributed by atoms with Crippen molar-refractivity contribution in [2.45, 2.75) is 6.92 Å². The maximum Gasteiger partial charge on any atom is 0.340 e. The molecule has 0 spiro atoms. The molecule has 0 saturated carbocycles. The third-order valence-corrected chi connectivity index (χ3v) is 4.76. The zero-order chi connectivity index (χ0) is 20.8. The molecule has 7 nitrogen and oxygen atoms in total. The number of rotatable bonds is 4. The molecule has 152 valence electrons. The van der Waals surface area contributed by atoms with E-state index in [1.54, 1.807) is 18.2 Å². The molecular formula is C21H23N3O4S. The summed E-state index contributed by atoms with van der Waals surface area (Å²) in [7, 11) is 1.35. The van der Waals surface area contributed by atoms with Crippen molar-refractivity contribution >= 4 is 40.6 Å². The Hall–Kier alpha value is -2.97. The Morgan fingerprint density at radius 1 is 1.10 bits per heavy atom. The number of ether oxygens (including phenoxy) is 2. The molecule has 2 N–H and O–H groups in total. The fourth-order valence-electron chi connectivity index (χ4n) is 3.01. The number of methoxy groups -OCH3 is 1. The van der Waals surface area contributed by atoms with Gasteiger partial charge in [-0.05, 0) is 49.5 Å². The summed E-state index contributed by atoms with van der Waals surface area (Å²) < 4.78 is 10.3. The maximum absolute atomic E-state index is 12.3. The largest absolute Gasteiger partial charge is 0.465 e. The normalized spacial score (nSPS) is 13.5. The summed E-state index contributed by atoms with van der Waals surface area (Å²) in [6.07, 6.45) is 0. The Morgan fingerprint density at radius 3 is 2.45 bits per heavy atom. The summed E-state index contributed by atoms with van der Waals surface area (Å²) in [5.41, 5.74) is 3.36. The van der Waals surface area contributed by atoms with Gasteiger partial charge in [-0.25, -0.2) is 4.79 Å². The van der Waals surface area contributed by atoms with Crippen LogP contribution in [-0.4, -0.2) is 50.4 Å². The van der Waals surface area contributed by atoms with Crippen molar-refractivity contribution in [2.24, 2.45) is 0 Å². The van der Waals surface area contributed by atoms with Gasteiger partial charge in [-0.3, -0.25) is 10.1 Å². The first-order valence-corrected chi connectivity index (χ1v) is 9.63. The summed E-state index contributed by atoms with van der Waals surface area (Å²) in [4.78, 5) is 26.7. The van der Waals surface area contributed by atoms with Crippen LogP contribution in [0.2, 0.25) is 0 Å². The van der Waals surface area contributed by atoms with Crippen molar-refractivity contribution in [1.82, 2.24) is 5.32 Å². The van der Waals surface area contributed by atoms with Crippen molar-refractivity contribution in [3.8, 4) is 0 Å². The number of aryl methyl sites for hydroxylation is 1. The molecule has 1 fully saturated rings. The van der Waals surface area contributed by atoms with Gasteiger partial charge < -0.3 is 19.7 Å². The monoisotopic (exact) mass is 413 g/mol. The quantitative estimate of drug-likeness (QED) is 0.589. The standard InChI is InChI=1S/C21H23N3O4S/c1-14-3-5-15(6-4-14)19(25)23-21(29)22-16-7-8-18(17(13-16)20(26)27-2)24-9-11-28-12-10-24/h3-8,13H,9-12H2,1-2H3,(H2,22,23,25,29). The van der Waals surface area contributed by atoms with Gasteiger partial charge in [0.15, 0.2) is 5.11 Å². The molecule has 0 bridgehead atoms. The van der Waals surface area contributed by atoms with Gasteiger partial charge in [0.2, 0.25) is 0 Å². The number of benzene rings is 2.